The van der Waals surface area contributed by atoms with E-state index >= 15 is 0 Å². The second-order valence-corrected chi connectivity index (χ2v) is 4.27. The van der Waals surface area contributed by atoms with Gasteiger partial charge in [-0.25, -0.2) is 0 Å². The lowest BCUT2D eigenvalue weighted by molar-refractivity contribution is 0.105. The summed E-state index contributed by atoms with van der Waals surface area (Å²) in [5.41, 5.74) is 0. The third-order valence-electron chi connectivity index (χ3n) is 1.91. The van der Waals surface area contributed by atoms with Gasteiger partial charge in [-0.2, -0.15) is 0 Å². The SMILES string of the molecule is OCCNCC(O)COc1cccc(Br)c1. The van der Waals surface area contributed by atoms with Gasteiger partial charge in [0, 0.05) is 17.6 Å². The van der Waals surface area contributed by atoms with Gasteiger partial charge in [0.15, 0.2) is 0 Å². The summed E-state index contributed by atoms with van der Waals surface area (Å²) in [7, 11) is 0. The zero-order valence-corrected chi connectivity index (χ0v) is 10.5. The summed E-state index contributed by atoms with van der Waals surface area (Å²) in [5.74, 6) is 0.718. The number of aliphatic hydroxyl groups excluding tert-OH is 2. The van der Waals surface area contributed by atoms with Gasteiger partial charge in [0.1, 0.15) is 18.5 Å². The third kappa shape index (κ3) is 5.46. The van der Waals surface area contributed by atoms with Crippen LogP contribution in [0.3, 0.4) is 0 Å². The fourth-order valence-corrected chi connectivity index (χ4v) is 1.53. The van der Waals surface area contributed by atoms with Gasteiger partial charge >= 0.3 is 0 Å². The number of benzene rings is 1. The van der Waals surface area contributed by atoms with E-state index in [0.717, 1.165) is 10.2 Å². The largest absolute Gasteiger partial charge is 0.491 e. The molecule has 0 aliphatic heterocycles. The first-order valence-corrected chi connectivity index (χ1v) is 5.89. The van der Waals surface area contributed by atoms with Crippen LogP contribution in [0.15, 0.2) is 28.7 Å². The Morgan fingerprint density at radius 1 is 1.44 bits per heavy atom. The maximum absolute atomic E-state index is 9.53. The molecule has 1 rings (SSSR count). The van der Waals surface area contributed by atoms with E-state index in [4.69, 9.17) is 9.84 Å². The van der Waals surface area contributed by atoms with Crippen molar-refractivity contribution in [2.45, 2.75) is 6.10 Å². The number of ether oxygens (including phenoxy) is 1. The van der Waals surface area contributed by atoms with E-state index in [2.05, 4.69) is 21.2 Å². The topological polar surface area (TPSA) is 61.7 Å². The summed E-state index contributed by atoms with van der Waals surface area (Å²) >= 11 is 3.34. The Labute approximate surface area is 103 Å². The fourth-order valence-electron chi connectivity index (χ4n) is 1.16. The Balaban J connectivity index is 2.23. The van der Waals surface area contributed by atoms with E-state index in [1.807, 2.05) is 24.3 Å². The summed E-state index contributed by atoms with van der Waals surface area (Å²) in [6.45, 7) is 1.19. The zero-order chi connectivity index (χ0) is 11.8. The molecule has 3 N–H and O–H groups in total. The van der Waals surface area contributed by atoms with Crippen LogP contribution in [0.1, 0.15) is 0 Å². The van der Waals surface area contributed by atoms with Crippen molar-refractivity contribution < 1.29 is 14.9 Å². The van der Waals surface area contributed by atoms with Crippen LogP contribution >= 0.6 is 15.9 Å². The maximum Gasteiger partial charge on any atom is 0.120 e. The van der Waals surface area contributed by atoms with Crippen molar-refractivity contribution in [3.63, 3.8) is 0 Å². The molecule has 0 spiro atoms. The van der Waals surface area contributed by atoms with Crippen LogP contribution in [0.4, 0.5) is 0 Å². The molecule has 1 aromatic carbocycles. The Morgan fingerprint density at radius 2 is 2.25 bits per heavy atom. The van der Waals surface area contributed by atoms with Crippen LogP contribution in [0.5, 0.6) is 5.75 Å². The lowest BCUT2D eigenvalue weighted by Crippen LogP contribution is -2.32. The smallest absolute Gasteiger partial charge is 0.120 e. The average Bonchev–Trinajstić information content (AvgIpc) is 2.27. The van der Waals surface area contributed by atoms with Crippen molar-refractivity contribution in [2.24, 2.45) is 0 Å². The third-order valence-corrected chi connectivity index (χ3v) is 2.40. The van der Waals surface area contributed by atoms with Gasteiger partial charge in [-0.3, -0.25) is 0 Å². The van der Waals surface area contributed by atoms with Crippen molar-refractivity contribution in [3.05, 3.63) is 28.7 Å². The van der Waals surface area contributed by atoms with E-state index < -0.39 is 6.10 Å². The van der Waals surface area contributed by atoms with Gasteiger partial charge in [0.2, 0.25) is 0 Å². The molecule has 0 saturated carbocycles. The van der Waals surface area contributed by atoms with Gasteiger partial charge in [0.25, 0.3) is 0 Å². The normalized spacial score (nSPS) is 12.4. The van der Waals surface area contributed by atoms with Crippen LogP contribution < -0.4 is 10.1 Å². The highest BCUT2D eigenvalue weighted by Crippen LogP contribution is 2.17. The van der Waals surface area contributed by atoms with Crippen LogP contribution in [0.2, 0.25) is 0 Å². The predicted octanol–water partition coefficient (Wildman–Crippen LogP) is 0.771. The molecule has 0 radical (unpaired) electrons. The minimum atomic E-state index is -0.578. The van der Waals surface area contributed by atoms with Crippen LogP contribution in [0, 0.1) is 0 Å². The van der Waals surface area contributed by atoms with E-state index in [0.29, 0.717) is 13.1 Å². The van der Waals surface area contributed by atoms with E-state index in [9.17, 15) is 5.11 Å². The van der Waals surface area contributed by atoms with Gasteiger partial charge in [-0.1, -0.05) is 22.0 Å². The quantitative estimate of drug-likeness (QED) is 0.649. The molecule has 0 aromatic heterocycles. The highest BCUT2D eigenvalue weighted by Gasteiger charge is 2.04. The number of nitrogens with one attached hydrogen (secondary N) is 1. The van der Waals surface area contributed by atoms with E-state index in [-0.39, 0.29) is 13.2 Å². The first-order chi connectivity index (χ1) is 7.72. The van der Waals surface area contributed by atoms with Crippen LogP contribution in [-0.2, 0) is 0 Å². The number of hydrogen-bond acceptors (Lipinski definition) is 4. The molecule has 5 heteroatoms. The minimum Gasteiger partial charge on any atom is -0.491 e. The molecular weight excluding hydrogens is 274 g/mol. The molecule has 1 aromatic rings. The molecule has 1 unspecified atom stereocenters. The molecule has 0 fully saturated rings. The number of rotatable bonds is 7. The van der Waals surface area contributed by atoms with E-state index in [1.54, 1.807) is 0 Å². The summed E-state index contributed by atoms with van der Waals surface area (Å²) in [6, 6.07) is 7.45. The van der Waals surface area contributed by atoms with Gasteiger partial charge < -0.3 is 20.3 Å². The predicted molar refractivity (Wildman–Crippen MR) is 65.6 cm³/mol. The van der Waals surface area contributed by atoms with Crippen molar-refractivity contribution in [3.8, 4) is 5.75 Å². The summed E-state index contributed by atoms with van der Waals surface area (Å²) < 4.78 is 6.34. The Bertz CT molecular complexity index is 309. The fraction of sp³-hybridized carbons (Fsp3) is 0.455. The zero-order valence-electron chi connectivity index (χ0n) is 8.90. The van der Waals surface area contributed by atoms with E-state index in [1.165, 1.54) is 0 Å². The minimum absolute atomic E-state index is 0.0687. The average molecular weight is 290 g/mol. The number of halogens is 1. The monoisotopic (exact) mass is 289 g/mol. The molecule has 0 bridgehead atoms. The van der Waals surface area contributed by atoms with Crippen molar-refractivity contribution in [1.29, 1.82) is 0 Å². The first-order valence-electron chi connectivity index (χ1n) is 5.10. The second kappa shape index (κ2) is 7.62. The van der Waals surface area contributed by atoms with Gasteiger partial charge in [0.05, 0.1) is 6.61 Å². The Hall–Kier alpha value is -0.620. The summed E-state index contributed by atoms with van der Waals surface area (Å²) in [5, 5.41) is 21.0. The Morgan fingerprint density at radius 3 is 2.94 bits per heavy atom. The molecule has 4 nitrogen and oxygen atoms in total. The van der Waals surface area contributed by atoms with Crippen LogP contribution in [0.25, 0.3) is 0 Å². The molecule has 90 valence electrons. The Kier molecular flexibility index (Phi) is 6.40. The standard InChI is InChI=1S/C11H16BrNO3/c12-9-2-1-3-11(6-9)16-8-10(15)7-13-4-5-14/h1-3,6,10,13-15H,4-5,7-8H2. The van der Waals surface area contributed by atoms with Crippen LogP contribution in [-0.4, -0.2) is 42.6 Å². The molecule has 0 heterocycles. The van der Waals surface area contributed by atoms with Crippen molar-refractivity contribution >= 4 is 15.9 Å². The molecule has 1 atom stereocenters. The molecule has 0 saturated heterocycles. The lowest BCUT2D eigenvalue weighted by atomic mass is 10.3. The highest BCUT2D eigenvalue weighted by molar-refractivity contribution is 9.10. The van der Waals surface area contributed by atoms with Gasteiger partial charge in [-0.05, 0) is 18.2 Å². The molecule has 0 aliphatic rings. The first kappa shape index (κ1) is 13.4. The van der Waals surface area contributed by atoms with Gasteiger partial charge in [-0.15, -0.1) is 0 Å². The molecular formula is C11H16BrNO3. The lowest BCUT2D eigenvalue weighted by Gasteiger charge is -2.12. The molecule has 16 heavy (non-hydrogen) atoms. The maximum atomic E-state index is 9.53. The summed E-state index contributed by atoms with van der Waals surface area (Å²) in [6.07, 6.45) is -0.578. The number of hydrogen-bond donors (Lipinski definition) is 3. The summed E-state index contributed by atoms with van der Waals surface area (Å²) in [4.78, 5) is 0. The highest BCUT2D eigenvalue weighted by atomic mass is 79.9. The number of aliphatic hydroxyl groups is 2. The van der Waals surface area contributed by atoms with Crippen molar-refractivity contribution in [1.82, 2.24) is 5.32 Å². The van der Waals surface area contributed by atoms with Crippen molar-refractivity contribution in [2.75, 3.05) is 26.3 Å². The second-order valence-electron chi connectivity index (χ2n) is 3.35. The molecule has 0 amide bonds. The molecule has 0 aliphatic carbocycles.